The van der Waals surface area contributed by atoms with Crippen molar-refractivity contribution in [3.05, 3.63) is 65.5 Å². The molecular formula is C25H31N3. The third-order valence-corrected chi connectivity index (χ3v) is 7.96. The van der Waals surface area contributed by atoms with Crippen molar-refractivity contribution in [1.82, 2.24) is 14.9 Å². The summed E-state index contributed by atoms with van der Waals surface area (Å²) >= 11 is 0. The van der Waals surface area contributed by atoms with Crippen LogP contribution in [0.5, 0.6) is 0 Å². The topological polar surface area (TPSA) is 31.9 Å². The van der Waals surface area contributed by atoms with Crippen LogP contribution in [-0.2, 0) is 17.4 Å². The first-order chi connectivity index (χ1) is 13.6. The Kier molecular flexibility index (Phi) is 4.13. The maximum absolute atomic E-state index is 4.63. The average molecular weight is 374 g/mol. The SMILES string of the molecule is CC1CC(c2ccccc2)(N(C)C)CCC12CCCc1c2[nH]c2ncccc12. The number of nitrogens with zero attached hydrogens (tertiary/aromatic N) is 2. The average Bonchev–Trinajstić information content (AvgIpc) is 3.11. The minimum atomic E-state index is 0.133. The lowest BCUT2D eigenvalue weighted by atomic mass is 9.54. The Labute approximate surface area is 168 Å². The van der Waals surface area contributed by atoms with E-state index >= 15 is 0 Å². The number of benzene rings is 1. The van der Waals surface area contributed by atoms with Crippen LogP contribution in [-0.4, -0.2) is 29.0 Å². The predicted octanol–water partition coefficient (Wildman–Crippen LogP) is 5.41. The first-order valence-electron chi connectivity index (χ1n) is 10.8. The molecule has 5 rings (SSSR count). The molecular weight excluding hydrogens is 342 g/mol. The zero-order chi connectivity index (χ0) is 19.4. The lowest BCUT2D eigenvalue weighted by Gasteiger charge is -2.54. The van der Waals surface area contributed by atoms with E-state index in [0.29, 0.717) is 5.92 Å². The molecule has 3 aromatic rings. The second-order valence-corrected chi connectivity index (χ2v) is 9.29. The molecule has 1 spiro atoms. The number of aromatic nitrogens is 2. The Morgan fingerprint density at radius 3 is 2.61 bits per heavy atom. The lowest BCUT2D eigenvalue weighted by molar-refractivity contribution is 0.0195. The fourth-order valence-electron chi connectivity index (χ4n) is 6.37. The zero-order valence-corrected chi connectivity index (χ0v) is 17.3. The summed E-state index contributed by atoms with van der Waals surface area (Å²) in [6.45, 7) is 2.49. The Bertz CT molecular complexity index is 989. The molecule has 2 aliphatic carbocycles. The van der Waals surface area contributed by atoms with Crippen molar-refractivity contribution < 1.29 is 0 Å². The summed E-state index contributed by atoms with van der Waals surface area (Å²) in [5.74, 6) is 0.621. The van der Waals surface area contributed by atoms with Gasteiger partial charge in [0.15, 0.2) is 0 Å². The smallest absolute Gasteiger partial charge is 0.137 e. The van der Waals surface area contributed by atoms with Gasteiger partial charge in [-0.2, -0.15) is 0 Å². The second kappa shape index (κ2) is 6.45. The van der Waals surface area contributed by atoms with Crippen LogP contribution in [0.2, 0.25) is 0 Å². The number of aromatic amines is 1. The molecule has 3 heteroatoms. The molecule has 0 radical (unpaired) electrons. The van der Waals surface area contributed by atoms with Crippen molar-refractivity contribution in [2.45, 2.75) is 56.4 Å². The molecule has 1 aromatic carbocycles. The Balaban J connectivity index is 1.58. The monoisotopic (exact) mass is 373 g/mol. The number of hydrogen-bond acceptors (Lipinski definition) is 2. The van der Waals surface area contributed by atoms with E-state index in [0.717, 1.165) is 5.65 Å². The molecule has 1 saturated carbocycles. The second-order valence-electron chi connectivity index (χ2n) is 9.29. The van der Waals surface area contributed by atoms with E-state index in [4.69, 9.17) is 0 Å². The highest BCUT2D eigenvalue weighted by atomic mass is 15.1. The summed E-state index contributed by atoms with van der Waals surface area (Å²) in [6, 6.07) is 15.5. The van der Waals surface area contributed by atoms with Gasteiger partial charge in [-0.15, -0.1) is 0 Å². The molecule has 3 atom stereocenters. The molecule has 3 unspecified atom stereocenters. The molecule has 3 nitrogen and oxygen atoms in total. The summed E-state index contributed by atoms with van der Waals surface area (Å²) in [5.41, 5.74) is 5.99. The third kappa shape index (κ3) is 2.42. The van der Waals surface area contributed by atoms with E-state index in [-0.39, 0.29) is 11.0 Å². The number of H-pyrrole nitrogens is 1. The summed E-state index contributed by atoms with van der Waals surface area (Å²) in [5, 5.41) is 1.34. The van der Waals surface area contributed by atoms with Gasteiger partial charge in [0.25, 0.3) is 0 Å². The van der Waals surface area contributed by atoms with E-state index in [1.54, 1.807) is 5.56 Å². The van der Waals surface area contributed by atoms with Crippen molar-refractivity contribution in [2.75, 3.05) is 14.1 Å². The summed E-state index contributed by atoms with van der Waals surface area (Å²) in [6.07, 6.45) is 9.33. The van der Waals surface area contributed by atoms with Crippen molar-refractivity contribution in [2.24, 2.45) is 5.92 Å². The standard InChI is InChI=1S/C25H31N3/c1-18-17-25(28(2)3,19-9-5-4-6-10-19)15-14-24(18)13-7-11-20-21-12-8-16-26-23(21)27-22(20)24/h4-6,8-10,12,16,18H,7,11,13-15,17H2,1-3H3,(H,26,27). The molecule has 2 aliphatic rings. The van der Waals surface area contributed by atoms with Crippen LogP contribution in [0.3, 0.4) is 0 Å². The number of hydrogen-bond donors (Lipinski definition) is 1. The highest BCUT2D eigenvalue weighted by Crippen LogP contribution is 2.56. The van der Waals surface area contributed by atoms with Crippen molar-refractivity contribution in [3.8, 4) is 0 Å². The normalized spacial score (nSPS) is 30.1. The maximum atomic E-state index is 4.63. The van der Waals surface area contributed by atoms with E-state index in [2.05, 4.69) is 78.4 Å². The minimum Gasteiger partial charge on any atom is -0.342 e. The van der Waals surface area contributed by atoms with Gasteiger partial charge in [-0.05, 0) is 81.8 Å². The molecule has 28 heavy (non-hydrogen) atoms. The van der Waals surface area contributed by atoms with E-state index in [1.165, 1.54) is 55.2 Å². The van der Waals surface area contributed by atoms with Crippen molar-refractivity contribution >= 4 is 11.0 Å². The van der Waals surface area contributed by atoms with Gasteiger partial charge < -0.3 is 4.98 Å². The number of fused-ring (bicyclic) bond motifs is 4. The van der Waals surface area contributed by atoms with Crippen LogP contribution < -0.4 is 0 Å². The molecule has 2 heterocycles. The van der Waals surface area contributed by atoms with Gasteiger partial charge in [0, 0.05) is 28.2 Å². The highest BCUT2D eigenvalue weighted by molar-refractivity contribution is 5.82. The first-order valence-corrected chi connectivity index (χ1v) is 10.8. The summed E-state index contributed by atoms with van der Waals surface area (Å²) < 4.78 is 0. The van der Waals surface area contributed by atoms with Crippen molar-refractivity contribution in [3.63, 3.8) is 0 Å². The number of pyridine rings is 1. The largest absolute Gasteiger partial charge is 0.342 e. The summed E-state index contributed by atoms with van der Waals surface area (Å²) in [4.78, 5) is 10.9. The Morgan fingerprint density at radius 2 is 1.86 bits per heavy atom. The molecule has 0 aliphatic heterocycles. The fraction of sp³-hybridized carbons (Fsp3) is 0.480. The van der Waals surface area contributed by atoms with Crippen LogP contribution in [0.1, 0.15) is 55.8 Å². The maximum Gasteiger partial charge on any atom is 0.137 e. The molecule has 2 aromatic heterocycles. The minimum absolute atomic E-state index is 0.133. The van der Waals surface area contributed by atoms with Gasteiger partial charge in [-0.25, -0.2) is 4.98 Å². The highest BCUT2D eigenvalue weighted by Gasteiger charge is 2.52. The van der Waals surface area contributed by atoms with Gasteiger partial charge >= 0.3 is 0 Å². The van der Waals surface area contributed by atoms with Crippen LogP contribution in [0.4, 0.5) is 0 Å². The third-order valence-electron chi connectivity index (χ3n) is 7.96. The van der Waals surface area contributed by atoms with Crippen molar-refractivity contribution in [1.29, 1.82) is 0 Å². The molecule has 146 valence electrons. The molecule has 1 fully saturated rings. The van der Waals surface area contributed by atoms with Crippen LogP contribution >= 0.6 is 0 Å². The van der Waals surface area contributed by atoms with Crippen LogP contribution in [0.15, 0.2) is 48.7 Å². The fourth-order valence-corrected chi connectivity index (χ4v) is 6.37. The lowest BCUT2D eigenvalue weighted by Crippen LogP contribution is -2.52. The van der Waals surface area contributed by atoms with Gasteiger partial charge in [-0.1, -0.05) is 37.3 Å². The van der Waals surface area contributed by atoms with Crippen LogP contribution in [0, 0.1) is 5.92 Å². The number of rotatable bonds is 2. The van der Waals surface area contributed by atoms with Crippen LogP contribution in [0.25, 0.3) is 11.0 Å². The van der Waals surface area contributed by atoms with Gasteiger partial charge in [0.2, 0.25) is 0 Å². The van der Waals surface area contributed by atoms with Gasteiger partial charge in [-0.3, -0.25) is 4.90 Å². The van der Waals surface area contributed by atoms with E-state index < -0.39 is 0 Å². The van der Waals surface area contributed by atoms with E-state index in [9.17, 15) is 0 Å². The van der Waals surface area contributed by atoms with E-state index in [1.807, 2.05) is 6.20 Å². The quantitative estimate of drug-likeness (QED) is 0.651. The number of aryl methyl sites for hydroxylation is 1. The Hall–Kier alpha value is -2.13. The summed E-state index contributed by atoms with van der Waals surface area (Å²) in [7, 11) is 4.52. The molecule has 1 N–H and O–H groups in total. The Morgan fingerprint density at radius 1 is 1.04 bits per heavy atom. The van der Waals surface area contributed by atoms with Gasteiger partial charge in [0.1, 0.15) is 5.65 Å². The van der Waals surface area contributed by atoms with Gasteiger partial charge in [0.05, 0.1) is 0 Å². The first kappa shape index (κ1) is 17.9. The molecule has 0 bridgehead atoms. The molecule has 0 saturated heterocycles. The predicted molar refractivity (Wildman–Crippen MR) is 116 cm³/mol. The zero-order valence-electron chi connectivity index (χ0n) is 17.3. The number of nitrogens with one attached hydrogen (secondary N) is 1. The molecule has 0 amide bonds.